The van der Waals surface area contributed by atoms with Crippen LogP contribution in [-0.4, -0.2) is 18.2 Å². The van der Waals surface area contributed by atoms with Crippen LogP contribution in [0, 0.1) is 0 Å². The number of halogens is 1. The van der Waals surface area contributed by atoms with Gasteiger partial charge in [-0.15, -0.1) is 0 Å². The topological polar surface area (TPSA) is 58.6 Å². The average molecular weight is 350 g/mol. The molecule has 2 aromatic rings. The Morgan fingerprint density at radius 3 is 2.43 bits per heavy atom. The number of anilines is 1. The van der Waals surface area contributed by atoms with Crippen molar-refractivity contribution in [1.82, 2.24) is 0 Å². The first-order chi connectivity index (χ1) is 10.0. The lowest BCUT2D eigenvalue weighted by molar-refractivity contribution is 0.0696. The number of hydrogen-bond donors (Lipinski definition) is 2. The second kappa shape index (κ2) is 6.63. The molecule has 0 amide bonds. The molecule has 1 unspecified atom stereocenters. The second-order valence-electron chi connectivity index (χ2n) is 4.64. The number of hydrogen-bond acceptors (Lipinski definition) is 3. The summed E-state index contributed by atoms with van der Waals surface area (Å²) in [6, 6.07) is 13.0. The predicted octanol–water partition coefficient (Wildman–Crippen LogP) is 4.33. The van der Waals surface area contributed by atoms with Gasteiger partial charge in [0.05, 0.1) is 12.7 Å². The Hall–Kier alpha value is -2.01. The molecule has 0 saturated carbocycles. The van der Waals surface area contributed by atoms with E-state index in [0.29, 0.717) is 4.47 Å². The van der Waals surface area contributed by atoms with Crippen LogP contribution >= 0.6 is 15.9 Å². The second-order valence-corrected chi connectivity index (χ2v) is 5.49. The monoisotopic (exact) mass is 349 g/mol. The molecule has 0 bridgehead atoms. The Kier molecular flexibility index (Phi) is 4.85. The lowest BCUT2D eigenvalue weighted by Crippen LogP contribution is -2.07. The van der Waals surface area contributed by atoms with Crippen molar-refractivity contribution in [3.8, 4) is 5.75 Å². The van der Waals surface area contributed by atoms with E-state index in [0.717, 1.165) is 17.0 Å². The van der Waals surface area contributed by atoms with Crippen LogP contribution in [-0.2, 0) is 0 Å². The summed E-state index contributed by atoms with van der Waals surface area (Å²) in [5.41, 5.74) is 2.22. The lowest BCUT2D eigenvalue weighted by atomic mass is 10.1. The Morgan fingerprint density at radius 2 is 1.90 bits per heavy atom. The van der Waals surface area contributed by atoms with Gasteiger partial charge in [0, 0.05) is 16.2 Å². The van der Waals surface area contributed by atoms with Crippen LogP contribution in [0.5, 0.6) is 5.75 Å². The zero-order valence-electron chi connectivity index (χ0n) is 11.8. The van der Waals surface area contributed by atoms with E-state index >= 15 is 0 Å². The summed E-state index contributed by atoms with van der Waals surface area (Å²) in [7, 11) is 1.64. The highest BCUT2D eigenvalue weighted by Crippen LogP contribution is 2.25. The van der Waals surface area contributed by atoms with Crippen LogP contribution in [0.2, 0.25) is 0 Å². The Morgan fingerprint density at radius 1 is 1.24 bits per heavy atom. The number of carboxylic acids is 1. The van der Waals surface area contributed by atoms with E-state index in [-0.39, 0.29) is 11.6 Å². The van der Waals surface area contributed by atoms with Crippen LogP contribution in [0.4, 0.5) is 5.69 Å². The minimum Gasteiger partial charge on any atom is -0.497 e. The van der Waals surface area contributed by atoms with Gasteiger partial charge in [-0.2, -0.15) is 0 Å². The minimum absolute atomic E-state index is 0.0958. The largest absolute Gasteiger partial charge is 0.497 e. The molecular weight excluding hydrogens is 334 g/mol. The number of carboxylic acid groups (broad SMARTS) is 1. The van der Waals surface area contributed by atoms with Crippen LogP contribution in [0.3, 0.4) is 0 Å². The molecule has 1 atom stereocenters. The summed E-state index contributed by atoms with van der Waals surface area (Å²) in [6.07, 6.45) is 0. The van der Waals surface area contributed by atoms with E-state index in [1.54, 1.807) is 25.3 Å². The number of carbonyl (C=O) groups is 1. The molecule has 2 rings (SSSR count). The summed E-state index contributed by atoms with van der Waals surface area (Å²) in [5.74, 6) is -0.129. The number of ether oxygens (including phenoxy) is 1. The molecule has 21 heavy (non-hydrogen) atoms. The third-order valence-electron chi connectivity index (χ3n) is 3.20. The van der Waals surface area contributed by atoms with Gasteiger partial charge in [0.2, 0.25) is 0 Å². The Bertz CT molecular complexity index is 640. The van der Waals surface area contributed by atoms with Gasteiger partial charge >= 0.3 is 5.97 Å². The molecule has 0 radical (unpaired) electrons. The predicted molar refractivity (Wildman–Crippen MR) is 86.1 cm³/mol. The molecule has 0 aliphatic rings. The maximum Gasteiger partial charge on any atom is 0.336 e. The van der Waals surface area contributed by atoms with Gasteiger partial charge in [0.15, 0.2) is 0 Å². The van der Waals surface area contributed by atoms with Crippen molar-refractivity contribution in [2.75, 3.05) is 12.4 Å². The first-order valence-corrected chi connectivity index (χ1v) is 7.24. The quantitative estimate of drug-likeness (QED) is 0.843. The Balaban J connectivity index is 2.13. The highest BCUT2D eigenvalue weighted by Gasteiger charge is 2.10. The van der Waals surface area contributed by atoms with E-state index in [9.17, 15) is 4.79 Å². The van der Waals surface area contributed by atoms with Crippen LogP contribution in [0.25, 0.3) is 0 Å². The SMILES string of the molecule is COc1ccc(C(C)Nc2ccc(C(=O)O)c(Br)c2)cc1. The molecular formula is C16H16BrNO3. The fourth-order valence-corrected chi connectivity index (χ4v) is 2.55. The molecule has 5 heteroatoms. The fourth-order valence-electron chi connectivity index (χ4n) is 2.00. The first-order valence-electron chi connectivity index (χ1n) is 6.44. The number of nitrogens with one attached hydrogen (secondary N) is 1. The van der Waals surface area contributed by atoms with E-state index < -0.39 is 5.97 Å². The van der Waals surface area contributed by atoms with Crippen LogP contribution in [0.1, 0.15) is 28.9 Å². The van der Waals surface area contributed by atoms with Crippen LogP contribution in [0.15, 0.2) is 46.9 Å². The van der Waals surface area contributed by atoms with Crippen molar-refractivity contribution in [1.29, 1.82) is 0 Å². The summed E-state index contributed by atoms with van der Waals surface area (Å²) in [5, 5.41) is 12.3. The molecule has 0 heterocycles. The van der Waals surface area contributed by atoms with Gasteiger partial charge in [0.25, 0.3) is 0 Å². The molecule has 110 valence electrons. The van der Waals surface area contributed by atoms with Crippen molar-refractivity contribution in [2.24, 2.45) is 0 Å². The van der Waals surface area contributed by atoms with Gasteiger partial charge in [-0.05, 0) is 58.7 Å². The number of aromatic carboxylic acids is 1. The van der Waals surface area contributed by atoms with E-state index in [2.05, 4.69) is 21.2 Å². The molecule has 0 fully saturated rings. The molecule has 0 spiro atoms. The molecule has 0 aliphatic carbocycles. The number of benzene rings is 2. The third kappa shape index (κ3) is 3.76. The normalized spacial score (nSPS) is 11.8. The smallest absolute Gasteiger partial charge is 0.336 e. The molecule has 4 nitrogen and oxygen atoms in total. The summed E-state index contributed by atoms with van der Waals surface area (Å²) < 4.78 is 5.69. The van der Waals surface area contributed by atoms with Gasteiger partial charge in [0.1, 0.15) is 5.75 Å². The summed E-state index contributed by atoms with van der Waals surface area (Å²) in [4.78, 5) is 11.0. The highest BCUT2D eigenvalue weighted by atomic mass is 79.9. The zero-order valence-corrected chi connectivity index (χ0v) is 13.3. The lowest BCUT2D eigenvalue weighted by Gasteiger charge is -2.16. The molecule has 0 aromatic heterocycles. The van der Waals surface area contributed by atoms with E-state index in [1.165, 1.54) is 0 Å². The molecule has 2 aromatic carbocycles. The Labute approximate surface area is 131 Å². The van der Waals surface area contributed by atoms with E-state index in [4.69, 9.17) is 9.84 Å². The molecule has 0 aliphatic heterocycles. The maximum atomic E-state index is 11.0. The summed E-state index contributed by atoms with van der Waals surface area (Å²) in [6.45, 7) is 2.04. The molecule has 2 N–H and O–H groups in total. The zero-order chi connectivity index (χ0) is 15.4. The maximum absolute atomic E-state index is 11.0. The first kappa shape index (κ1) is 15.4. The fraction of sp³-hybridized carbons (Fsp3) is 0.188. The molecule has 0 saturated heterocycles. The van der Waals surface area contributed by atoms with E-state index in [1.807, 2.05) is 31.2 Å². The standard InChI is InChI=1S/C16H16BrNO3/c1-10(11-3-6-13(21-2)7-4-11)18-12-5-8-14(16(19)20)15(17)9-12/h3-10,18H,1-2H3,(H,19,20). The number of methoxy groups -OCH3 is 1. The average Bonchev–Trinajstić information content (AvgIpc) is 2.47. The summed E-state index contributed by atoms with van der Waals surface area (Å²) >= 11 is 3.28. The van der Waals surface area contributed by atoms with Crippen molar-refractivity contribution in [2.45, 2.75) is 13.0 Å². The van der Waals surface area contributed by atoms with Crippen molar-refractivity contribution in [3.05, 3.63) is 58.1 Å². The van der Waals surface area contributed by atoms with Gasteiger partial charge in [-0.1, -0.05) is 12.1 Å². The van der Waals surface area contributed by atoms with Crippen LogP contribution < -0.4 is 10.1 Å². The third-order valence-corrected chi connectivity index (χ3v) is 3.85. The van der Waals surface area contributed by atoms with Gasteiger partial charge in [-0.3, -0.25) is 0 Å². The van der Waals surface area contributed by atoms with Crippen molar-refractivity contribution in [3.63, 3.8) is 0 Å². The number of rotatable bonds is 5. The highest BCUT2D eigenvalue weighted by molar-refractivity contribution is 9.10. The van der Waals surface area contributed by atoms with Gasteiger partial charge in [-0.25, -0.2) is 4.79 Å². The van der Waals surface area contributed by atoms with Crippen molar-refractivity contribution >= 4 is 27.6 Å². The van der Waals surface area contributed by atoms with Gasteiger partial charge < -0.3 is 15.2 Å². The minimum atomic E-state index is -0.948. The van der Waals surface area contributed by atoms with Crippen molar-refractivity contribution < 1.29 is 14.6 Å².